The van der Waals surface area contributed by atoms with Crippen LogP contribution in [0.3, 0.4) is 0 Å². The first-order valence-electron chi connectivity index (χ1n) is 11.6. The monoisotopic (exact) mass is 487 g/mol. The summed E-state index contributed by atoms with van der Waals surface area (Å²) in [6.45, 7) is 5.74. The maximum atomic E-state index is 13.2. The van der Waals surface area contributed by atoms with Gasteiger partial charge in [0.15, 0.2) is 23.9 Å². The molecule has 3 N–H and O–H groups in total. The molecule has 1 aliphatic heterocycles. The Morgan fingerprint density at radius 2 is 1.92 bits per heavy atom. The SMILES string of the molecule is COc1cc([C@@H]2C(C#N)=C(N)OC3=C2C(=O)CC(C)(C)C3)ccc1OCC(=O)Nc1ccc(C)cc1. The maximum Gasteiger partial charge on any atom is 0.262 e. The van der Waals surface area contributed by atoms with Crippen LogP contribution in [0.4, 0.5) is 5.69 Å². The summed E-state index contributed by atoms with van der Waals surface area (Å²) in [5.74, 6) is 0.163. The molecule has 2 aromatic rings. The van der Waals surface area contributed by atoms with Crippen molar-refractivity contribution in [1.82, 2.24) is 0 Å². The minimum atomic E-state index is -0.671. The highest BCUT2D eigenvalue weighted by Crippen LogP contribution is 2.48. The molecule has 1 atom stereocenters. The van der Waals surface area contributed by atoms with Gasteiger partial charge in [-0.05, 0) is 42.2 Å². The van der Waals surface area contributed by atoms with Crippen LogP contribution in [0.5, 0.6) is 11.5 Å². The van der Waals surface area contributed by atoms with Crippen molar-refractivity contribution in [2.75, 3.05) is 19.0 Å². The number of carbonyl (C=O) groups is 2. The molecular weight excluding hydrogens is 458 g/mol. The lowest BCUT2D eigenvalue weighted by molar-refractivity contribution is -0.119. The minimum absolute atomic E-state index is 0.00109. The van der Waals surface area contributed by atoms with Crippen LogP contribution in [0, 0.1) is 23.7 Å². The van der Waals surface area contributed by atoms with Crippen LogP contribution in [0.1, 0.15) is 43.7 Å². The molecular formula is C28H29N3O5. The first-order chi connectivity index (χ1) is 17.1. The molecule has 2 aromatic carbocycles. The van der Waals surface area contributed by atoms with Crippen LogP contribution in [-0.2, 0) is 14.3 Å². The van der Waals surface area contributed by atoms with Gasteiger partial charge in [-0.1, -0.05) is 37.6 Å². The number of allylic oxidation sites excluding steroid dienone is 3. The van der Waals surface area contributed by atoms with Gasteiger partial charge in [0.25, 0.3) is 5.91 Å². The van der Waals surface area contributed by atoms with Crippen molar-refractivity contribution in [2.24, 2.45) is 11.1 Å². The predicted octanol–water partition coefficient (Wildman–Crippen LogP) is 4.47. The fourth-order valence-electron chi connectivity index (χ4n) is 4.58. The van der Waals surface area contributed by atoms with E-state index in [1.807, 2.05) is 45.0 Å². The number of nitrogens with zero attached hydrogens (tertiary/aromatic N) is 1. The van der Waals surface area contributed by atoms with Crippen LogP contribution in [-0.4, -0.2) is 25.4 Å². The van der Waals surface area contributed by atoms with Crippen molar-refractivity contribution in [3.63, 3.8) is 0 Å². The maximum absolute atomic E-state index is 13.2. The van der Waals surface area contributed by atoms with Crippen LogP contribution in [0.25, 0.3) is 0 Å². The van der Waals surface area contributed by atoms with E-state index in [2.05, 4.69) is 11.4 Å². The van der Waals surface area contributed by atoms with E-state index in [1.165, 1.54) is 7.11 Å². The van der Waals surface area contributed by atoms with Crippen molar-refractivity contribution in [2.45, 2.75) is 39.5 Å². The largest absolute Gasteiger partial charge is 0.493 e. The van der Waals surface area contributed by atoms with Crippen molar-refractivity contribution < 1.29 is 23.8 Å². The standard InChI is InChI=1S/C28H29N3O5/c1-16-5-8-18(9-6-16)31-24(33)15-35-21-10-7-17(11-22(21)34-4)25-19(14-29)27(30)36-23-13-28(2,3)12-20(32)26(23)25/h5-11,25H,12-13,15,30H2,1-4H3,(H,31,33)/t25-/m1/s1. The number of ether oxygens (including phenoxy) is 3. The quantitative estimate of drug-likeness (QED) is 0.616. The molecule has 2 aliphatic rings. The van der Waals surface area contributed by atoms with Crippen molar-refractivity contribution >= 4 is 17.4 Å². The summed E-state index contributed by atoms with van der Waals surface area (Å²) in [7, 11) is 1.48. The van der Waals surface area contributed by atoms with Gasteiger partial charge < -0.3 is 25.3 Å². The van der Waals surface area contributed by atoms with Gasteiger partial charge >= 0.3 is 0 Å². The molecule has 36 heavy (non-hydrogen) atoms. The van der Waals surface area contributed by atoms with Crippen molar-refractivity contribution in [3.05, 3.63) is 76.4 Å². The number of aryl methyl sites for hydroxylation is 1. The Bertz CT molecular complexity index is 1320. The summed E-state index contributed by atoms with van der Waals surface area (Å²) in [5.41, 5.74) is 8.88. The first-order valence-corrected chi connectivity index (χ1v) is 11.6. The summed E-state index contributed by atoms with van der Waals surface area (Å²) in [6.07, 6.45) is 0.886. The van der Waals surface area contributed by atoms with Gasteiger partial charge in [0.1, 0.15) is 17.4 Å². The summed E-state index contributed by atoms with van der Waals surface area (Å²) in [6, 6.07) is 14.7. The molecule has 0 bridgehead atoms. The number of nitrogens with one attached hydrogen (secondary N) is 1. The molecule has 0 saturated carbocycles. The zero-order chi connectivity index (χ0) is 26.0. The molecule has 0 spiro atoms. The Hall–Kier alpha value is -4.25. The van der Waals surface area contributed by atoms with E-state index in [-0.39, 0.29) is 35.2 Å². The molecule has 0 saturated heterocycles. The number of nitriles is 1. The summed E-state index contributed by atoms with van der Waals surface area (Å²) in [4.78, 5) is 25.5. The highest BCUT2D eigenvalue weighted by atomic mass is 16.5. The number of carbonyl (C=O) groups excluding carboxylic acids is 2. The number of anilines is 1. The topological polar surface area (TPSA) is 124 Å². The summed E-state index contributed by atoms with van der Waals surface area (Å²) >= 11 is 0. The minimum Gasteiger partial charge on any atom is -0.493 e. The first kappa shape index (κ1) is 24.9. The van der Waals surface area contributed by atoms with Gasteiger partial charge in [-0.3, -0.25) is 9.59 Å². The number of nitrogens with two attached hydrogens (primary N) is 1. The lowest BCUT2D eigenvalue weighted by Gasteiger charge is -2.37. The molecule has 0 fully saturated rings. The number of hydrogen-bond donors (Lipinski definition) is 2. The molecule has 0 unspecified atom stereocenters. The van der Waals surface area contributed by atoms with Gasteiger partial charge in [-0.25, -0.2) is 0 Å². The van der Waals surface area contributed by atoms with Crippen molar-refractivity contribution in [3.8, 4) is 17.6 Å². The van der Waals surface area contributed by atoms with Gasteiger partial charge in [0, 0.05) is 24.1 Å². The Balaban J connectivity index is 1.59. The van der Waals surface area contributed by atoms with Crippen molar-refractivity contribution in [1.29, 1.82) is 5.26 Å². The zero-order valence-corrected chi connectivity index (χ0v) is 20.8. The van der Waals surface area contributed by atoms with Gasteiger partial charge in [0.2, 0.25) is 5.88 Å². The van der Waals surface area contributed by atoms with Crippen LogP contribution < -0.4 is 20.5 Å². The van der Waals surface area contributed by atoms with Gasteiger partial charge in [-0.2, -0.15) is 5.26 Å². The number of Topliss-reactive ketones (excluding diaryl/α,β-unsaturated/α-hetero) is 1. The van der Waals surface area contributed by atoms with E-state index in [9.17, 15) is 14.9 Å². The average molecular weight is 488 g/mol. The molecule has 0 radical (unpaired) electrons. The summed E-state index contributed by atoms with van der Waals surface area (Å²) < 4.78 is 17.0. The Morgan fingerprint density at radius 3 is 2.58 bits per heavy atom. The predicted molar refractivity (Wildman–Crippen MR) is 134 cm³/mol. The number of hydrogen-bond acceptors (Lipinski definition) is 7. The molecule has 0 aromatic heterocycles. The Labute approximate surface area is 210 Å². The second kappa shape index (κ2) is 9.78. The third-order valence-corrected chi connectivity index (χ3v) is 6.29. The Morgan fingerprint density at radius 1 is 1.19 bits per heavy atom. The van der Waals surface area contributed by atoms with E-state index < -0.39 is 5.92 Å². The van der Waals surface area contributed by atoms with E-state index in [4.69, 9.17) is 19.9 Å². The molecule has 1 heterocycles. The second-order valence-corrected chi connectivity index (χ2v) is 9.82. The number of rotatable bonds is 6. The molecule has 1 aliphatic carbocycles. The van der Waals surface area contributed by atoms with E-state index in [0.29, 0.717) is 46.9 Å². The molecule has 1 amide bonds. The van der Waals surface area contributed by atoms with Crippen LogP contribution >= 0.6 is 0 Å². The fraction of sp³-hybridized carbons (Fsp3) is 0.321. The van der Waals surface area contributed by atoms with E-state index in [1.54, 1.807) is 18.2 Å². The molecule has 4 rings (SSSR count). The third kappa shape index (κ3) is 5.05. The highest BCUT2D eigenvalue weighted by molar-refractivity contribution is 6.00. The second-order valence-electron chi connectivity index (χ2n) is 9.82. The fourth-order valence-corrected chi connectivity index (χ4v) is 4.58. The van der Waals surface area contributed by atoms with Gasteiger partial charge in [0.05, 0.1) is 13.0 Å². The molecule has 8 heteroatoms. The summed E-state index contributed by atoms with van der Waals surface area (Å²) in [5, 5.41) is 12.6. The number of methoxy groups -OCH3 is 1. The zero-order valence-electron chi connectivity index (χ0n) is 20.8. The third-order valence-electron chi connectivity index (χ3n) is 6.29. The smallest absolute Gasteiger partial charge is 0.262 e. The number of amides is 1. The molecule has 8 nitrogen and oxygen atoms in total. The van der Waals surface area contributed by atoms with E-state index >= 15 is 0 Å². The highest BCUT2D eigenvalue weighted by Gasteiger charge is 2.43. The number of ketones is 1. The lowest BCUT2D eigenvalue weighted by atomic mass is 9.70. The normalized spacial score (nSPS) is 18.6. The van der Waals surface area contributed by atoms with Crippen LogP contribution in [0.2, 0.25) is 0 Å². The van der Waals surface area contributed by atoms with Gasteiger partial charge in [-0.15, -0.1) is 0 Å². The lowest BCUT2D eigenvalue weighted by Crippen LogP contribution is -2.33. The molecule has 186 valence electrons. The number of benzene rings is 2. The average Bonchev–Trinajstić information content (AvgIpc) is 2.82. The van der Waals surface area contributed by atoms with E-state index in [0.717, 1.165) is 5.56 Å². The van der Waals surface area contributed by atoms with Crippen LogP contribution in [0.15, 0.2) is 65.3 Å². The Kier molecular flexibility index (Phi) is 6.75.